The van der Waals surface area contributed by atoms with E-state index in [1.54, 1.807) is 12.1 Å². The van der Waals surface area contributed by atoms with Crippen LogP contribution in [-0.4, -0.2) is 45.1 Å². The van der Waals surface area contributed by atoms with Gasteiger partial charge in [-0.05, 0) is 54.6 Å². The van der Waals surface area contributed by atoms with Crippen LogP contribution in [0, 0.1) is 3.57 Å². The molecule has 2 rings (SSSR count). The van der Waals surface area contributed by atoms with E-state index in [0.717, 1.165) is 3.57 Å². The Balaban J connectivity index is 2.42. The van der Waals surface area contributed by atoms with Crippen LogP contribution in [0.4, 0.5) is 0 Å². The number of hydrogen-bond donors (Lipinski definition) is 0. The first-order valence-electron chi connectivity index (χ1n) is 6.33. The molecule has 0 bridgehead atoms. The Morgan fingerprint density at radius 3 is 2.45 bits per heavy atom. The van der Waals surface area contributed by atoms with E-state index in [9.17, 15) is 8.42 Å². The van der Waals surface area contributed by atoms with Gasteiger partial charge >= 0.3 is 0 Å². The van der Waals surface area contributed by atoms with E-state index in [0.29, 0.717) is 18.8 Å². The van der Waals surface area contributed by atoms with Crippen LogP contribution in [0.15, 0.2) is 23.1 Å². The Kier molecular flexibility index (Phi) is 4.93. The molecule has 1 heterocycles. The van der Waals surface area contributed by atoms with Gasteiger partial charge in [-0.25, -0.2) is 8.42 Å². The number of morpholine rings is 1. The second-order valence-electron chi connectivity index (χ2n) is 4.87. The minimum Gasteiger partial charge on any atom is -0.495 e. The van der Waals surface area contributed by atoms with Gasteiger partial charge in [0, 0.05) is 16.7 Å². The fourth-order valence-electron chi connectivity index (χ4n) is 2.32. The van der Waals surface area contributed by atoms with Crippen molar-refractivity contribution in [1.82, 2.24) is 4.31 Å². The molecule has 1 fully saturated rings. The molecular weight excluding hydrogens is 393 g/mol. The predicted molar refractivity (Wildman–Crippen MR) is 84.5 cm³/mol. The van der Waals surface area contributed by atoms with Gasteiger partial charge in [0.05, 0.1) is 19.3 Å². The molecule has 1 aromatic rings. The highest BCUT2D eigenvalue weighted by molar-refractivity contribution is 14.1. The van der Waals surface area contributed by atoms with Crippen LogP contribution in [0.1, 0.15) is 13.8 Å². The van der Waals surface area contributed by atoms with Crippen molar-refractivity contribution < 1.29 is 17.9 Å². The average molecular weight is 411 g/mol. The highest BCUT2D eigenvalue weighted by atomic mass is 127. The van der Waals surface area contributed by atoms with Gasteiger partial charge in [-0.15, -0.1) is 0 Å². The molecule has 20 heavy (non-hydrogen) atoms. The third-order valence-corrected chi connectivity index (χ3v) is 5.65. The maximum absolute atomic E-state index is 12.8. The molecule has 1 aromatic carbocycles. The molecule has 0 spiro atoms. The first kappa shape index (κ1) is 16.0. The van der Waals surface area contributed by atoms with Crippen molar-refractivity contribution in [3.63, 3.8) is 0 Å². The number of ether oxygens (including phenoxy) is 2. The molecule has 0 saturated carbocycles. The van der Waals surface area contributed by atoms with Gasteiger partial charge in [-0.1, -0.05) is 0 Å². The van der Waals surface area contributed by atoms with Gasteiger partial charge in [0.15, 0.2) is 0 Å². The molecule has 5 nitrogen and oxygen atoms in total. The molecule has 0 aliphatic carbocycles. The van der Waals surface area contributed by atoms with E-state index in [4.69, 9.17) is 9.47 Å². The number of sulfonamides is 1. The summed E-state index contributed by atoms with van der Waals surface area (Å²) in [7, 11) is -2.09. The van der Waals surface area contributed by atoms with Crippen molar-refractivity contribution in [3.05, 3.63) is 21.8 Å². The van der Waals surface area contributed by atoms with Crippen molar-refractivity contribution in [2.24, 2.45) is 0 Å². The lowest BCUT2D eigenvalue weighted by Gasteiger charge is -2.34. The topological polar surface area (TPSA) is 55.8 Å². The fourth-order valence-corrected chi connectivity index (χ4v) is 4.79. The smallest absolute Gasteiger partial charge is 0.246 e. The van der Waals surface area contributed by atoms with E-state index in [1.165, 1.54) is 11.4 Å². The van der Waals surface area contributed by atoms with Crippen LogP contribution in [0.3, 0.4) is 0 Å². The number of nitrogens with zero attached hydrogens (tertiary/aromatic N) is 1. The summed E-state index contributed by atoms with van der Waals surface area (Å²) in [5.74, 6) is 0.372. The van der Waals surface area contributed by atoms with Crippen LogP contribution in [-0.2, 0) is 14.8 Å². The molecule has 1 aliphatic heterocycles. The molecular formula is C13H18INO4S. The monoisotopic (exact) mass is 411 g/mol. The lowest BCUT2D eigenvalue weighted by Crippen LogP contribution is -2.48. The Labute approximate surface area is 133 Å². The Morgan fingerprint density at radius 1 is 1.30 bits per heavy atom. The van der Waals surface area contributed by atoms with Crippen LogP contribution in [0.5, 0.6) is 5.75 Å². The minimum absolute atomic E-state index is 0.109. The molecule has 1 aliphatic rings. The maximum Gasteiger partial charge on any atom is 0.246 e. The van der Waals surface area contributed by atoms with Crippen LogP contribution >= 0.6 is 22.6 Å². The standard InChI is InChI=1S/C13H18INO4S/c1-9-7-15(8-10(2)19-9)20(16,17)13-6-11(14)4-5-12(13)18-3/h4-6,9-10H,7-8H2,1-3H3/t9-,10-/m1/s1. The summed E-state index contributed by atoms with van der Waals surface area (Å²) in [6, 6.07) is 5.14. The Hall–Kier alpha value is -0.380. The van der Waals surface area contributed by atoms with Crippen molar-refractivity contribution in [3.8, 4) is 5.75 Å². The largest absolute Gasteiger partial charge is 0.495 e. The minimum atomic E-state index is -3.57. The summed E-state index contributed by atoms with van der Waals surface area (Å²) in [6.07, 6.45) is -0.218. The predicted octanol–water partition coefficient (Wildman–Crippen LogP) is 2.10. The van der Waals surface area contributed by atoms with Gasteiger partial charge in [0.1, 0.15) is 10.6 Å². The van der Waals surface area contributed by atoms with Crippen molar-refractivity contribution in [2.75, 3.05) is 20.2 Å². The number of halogens is 1. The van der Waals surface area contributed by atoms with E-state index in [-0.39, 0.29) is 17.1 Å². The Morgan fingerprint density at radius 2 is 1.90 bits per heavy atom. The number of hydrogen-bond acceptors (Lipinski definition) is 4. The quantitative estimate of drug-likeness (QED) is 0.715. The normalized spacial score (nSPS) is 24.6. The summed E-state index contributed by atoms with van der Waals surface area (Å²) in [6.45, 7) is 4.48. The highest BCUT2D eigenvalue weighted by Gasteiger charge is 2.34. The molecule has 2 atom stereocenters. The van der Waals surface area contributed by atoms with Gasteiger partial charge in [-0.2, -0.15) is 4.31 Å². The third-order valence-electron chi connectivity index (χ3n) is 3.13. The van der Waals surface area contributed by atoms with Crippen molar-refractivity contribution in [2.45, 2.75) is 31.0 Å². The van der Waals surface area contributed by atoms with E-state index >= 15 is 0 Å². The maximum atomic E-state index is 12.8. The van der Waals surface area contributed by atoms with Crippen LogP contribution in [0.25, 0.3) is 0 Å². The second kappa shape index (κ2) is 6.17. The highest BCUT2D eigenvalue weighted by Crippen LogP contribution is 2.30. The zero-order valence-corrected chi connectivity index (χ0v) is 14.6. The SMILES string of the molecule is COc1ccc(I)cc1S(=O)(=O)N1C[C@@H](C)O[C@H](C)C1. The number of benzene rings is 1. The molecule has 1 saturated heterocycles. The fraction of sp³-hybridized carbons (Fsp3) is 0.538. The summed E-state index contributed by atoms with van der Waals surface area (Å²) in [5.41, 5.74) is 0. The molecule has 0 N–H and O–H groups in total. The molecule has 0 unspecified atom stereocenters. The number of methoxy groups -OCH3 is 1. The van der Waals surface area contributed by atoms with Gasteiger partial charge in [-0.3, -0.25) is 0 Å². The zero-order chi connectivity index (χ0) is 14.9. The first-order valence-corrected chi connectivity index (χ1v) is 8.85. The molecule has 0 amide bonds. The van der Waals surface area contributed by atoms with Crippen molar-refractivity contribution >= 4 is 32.6 Å². The van der Waals surface area contributed by atoms with Crippen LogP contribution < -0.4 is 4.74 Å². The molecule has 0 aromatic heterocycles. The molecule has 0 radical (unpaired) electrons. The van der Waals surface area contributed by atoms with E-state index in [1.807, 2.05) is 19.9 Å². The first-order chi connectivity index (χ1) is 9.34. The van der Waals surface area contributed by atoms with Crippen molar-refractivity contribution in [1.29, 1.82) is 0 Å². The zero-order valence-electron chi connectivity index (χ0n) is 11.7. The third kappa shape index (κ3) is 3.26. The van der Waals surface area contributed by atoms with Gasteiger partial charge in [0.2, 0.25) is 10.0 Å². The second-order valence-corrected chi connectivity index (χ2v) is 8.03. The number of rotatable bonds is 3. The lowest BCUT2D eigenvalue weighted by atomic mass is 10.3. The van der Waals surface area contributed by atoms with Crippen LogP contribution in [0.2, 0.25) is 0 Å². The van der Waals surface area contributed by atoms with E-state index < -0.39 is 10.0 Å². The summed E-state index contributed by atoms with van der Waals surface area (Å²) in [4.78, 5) is 0.216. The van der Waals surface area contributed by atoms with Gasteiger partial charge in [0.25, 0.3) is 0 Å². The summed E-state index contributed by atoms with van der Waals surface area (Å²) in [5, 5.41) is 0. The Bertz CT molecular complexity index is 580. The lowest BCUT2D eigenvalue weighted by molar-refractivity contribution is -0.0441. The summed E-state index contributed by atoms with van der Waals surface area (Å²) < 4.78 is 38.7. The molecule has 112 valence electrons. The summed E-state index contributed by atoms with van der Waals surface area (Å²) >= 11 is 2.09. The average Bonchev–Trinajstić information content (AvgIpc) is 2.37. The molecule has 7 heteroatoms. The van der Waals surface area contributed by atoms with E-state index in [2.05, 4.69) is 22.6 Å². The van der Waals surface area contributed by atoms with Gasteiger partial charge < -0.3 is 9.47 Å².